The molecule has 26 heavy (non-hydrogen) atoms. The molecule has 0 aliphatic heterocycles. The van der Waals surface area contributed by atoms with Gasteiger partial charge in [0.15, 0.2) is 0 Å². The summed E-state index contributed by atoms with van der Waals surface area (Å²) in [4.78, 5) is 0. The molecule has 0 radical (unpaired) electrons. The maximum absolute atomic E-state index is 7.41. The Bertz CT molecular complexity index is 471. The summed E-state index contributed by atoms with van der Waals surface area (Å²) in [7, 11) is -0.0239. The summed E-state index contributed by atoms with van der Waals surface area (Å²) < 4.78 is 13.4. The first kappa shape index (κ1) is 22.2. The number of allylic oxidation sites excluding steroid dienone is 1. The maximum Gasteiger partial charge on any atom is 0.200 e. The van der Waals surface area contributed by atoms with Crippen molar-refractivity contribution in [1.82, 2.24) is 0 Å². The second kappa shape index (κ2) is 8.49. The van der Waals surface area contributed by atoms with E-state index in [-0.39, 0.29) is 11.5 Å². The molecule has 1 fully saturated rings. The average molecular weight is 381 g/mol. The highest BCUT2D eigenvalue weighted by molar-refractivity contribution is 6.77. The van der Waals surface area contributed by atoms with Crippen LogP contribution in [0.25, 0.3) is 0 Å². The van der Waals surface area contributed by atoms with Gasteiger partial charge in [0.05, 0.1) is 12.2 Å². The van der Waals surface area contributed by atoms with Crippen molar-refractivity contribution in [3.63, 3.8) is 0 Å². The minimum Gasteiger partial charge on any atom is -0.412 e. The van der Waals surface area contributed by atoms with E-state index in [1.165, 1.54) is 25.7 Å². The molecule has 0 saturated heterocycles. The molecule has 0 heterocycles. The van der Waals surface area contributed by atoms with Crippen molar-refractivity contribution in [2.45, 2.75) is 116 Å². The van der Waals surface area contributed by atoms with Crippen LogP contribution in [0.15, 0.2) is 11.6 Å². The zero-order chi connectivity index (χ0) is 19.7. The predicted molar refractivity (Wildman–Crippen MR) is 115 cm³/mol. The van der Waals surface area contributed by atoms with Crippen LogP contribution in [0, 0.1) is 11.3 Å². The highest BCUT2D eigenvalue weighted by atomic mass is 28.4. The monoisotopic (exact) mass is 380 g/mol. The van der Waals surface area contributed by atoms with E-state index in [1.54, 1.807) is 5.57 Å². The molecule has 2 aliphatic carbocycles. The van der Waals surface area contributed by atoms with Crippen molar-refractivity contribution < 1.29 is 9.16 Å². The van der Waals surface area contributed by atoms with E-state index in [1.807, 2.05) is 7.11 Å². The van der Waals surface area contributed by atoms with Crippen LogP contribution in [0.5, 0.6) is 0 Å². The summed E-state index contributed by atoms with van der Waals surface area (Å²) in [6, 6.07) is 0. The Morgan fingerprint density at radius 1 is 1.00 bits per heavy atom. The van der Waals surface area contributed by atoms with Gasteiger partial charge in [-0.1, -0.05) is 67.0 Å². The number of rotatable bonds is 7. The SMILES string of the molecule is CO[C@H]1C[C@@H](C2=CCCCC2)[C@H](O[Si](C(C)C)(C(C)C)C(C)C)C1(C)C. The molecule has 0 bridgehead atoms. The van der Waals surface area contributed by atoms with Gasteiger partial charge in [0.2, 0.25) is 8.32 Å². The van der Waals surface area contributed by atoms with Gasteiger partial charge in [-0.15, -0.1) is 0 Å². The lowest BCUT2D eigenvalue weighted by molar-refractivity contribution is -0.0214. The van der Waals surface area contributed by atoms with Crippen LogP contribution >= 0.6 is 0 Å². The third-order valence-electron chi connectivity index (χ3n) is 7.52. The van der Waals surface area contributed by atoms with Gasteiger partial charge < -0.3 is 9.16 Å². The molecular weight excluding hydrogens is 336 g/mol. The quantitative estimate of drug-likeness (QED) is 0.346. The molecule has 2 rings (SSSR count). The average Bonchev–Trinajstić information content (AvgIpc) is 2.82. The molecule has 0 amide bonds. The van der Waals surface area contributed by atoms with Gasteiger partial charge in [0.1, 0.15) is 0 Å². The Morgan fingerprint density at radius 2 is 1.58 bits per heavy atom. The minimum absolute atomic E-state index is 0.0641. The third-order valence-corrected chi connectivity index (χ3v) is 13.6. The normalized spacial score (nSPS) is 29.7. The summed E-state index contributed by atoms with van der Waals surface area (Å²) >= 11 is 0. The van der Waals surface area contributed by atoms with Gasteiger partial charge in [-0.05, 0) is 48.7 Å². The van der Waals surface area contributed by atoms with E-state index in [9.17, 15) is 0 Å². The number of methoxy groups -OCH3 is 1. The van der Waals surface area contributed by atoms with E-state index in [2.05, 4.69) is 61.5 Å². The highest BCUT2D eigenvalue weighted by Gasteiger charge is 2.56. The van der Waals surface area contributed by atoms with Gasteiger partial charge >= 0.3 is 0 Å². The van der Waals surface area contributed by atoms with Crippen molar-refractivity contribution in [2.75, 3.05) is 7.11 Å². The fourth-order valence-electron chi connectivity index (χ4n) is 6.17. The van der Waals surface area contributed by atoms with Gasteiger partial charge in [0.25, 0.3) is 0 Å². The Balaban J connectivity index is 2.44. The summed E-state index contributed by atoms with van der Waals surface area (Å²) in [6.07, 6.45) is 9.43. The summed E-state index contributed by atoms with van der Waals surface area (Å²) in [5.41, 5.74) is 3.60. The van der Waals surface area contributed by atoms with Crippen molar-refractivity contribution in [2.24, 2.45) is 11.3 Å². The van der Waals surface area contributed by atoms with E-state index < -0.39 is 8.32 Å². The Hall–Kier alpha value is -0.123. The molecule has 0 spiro atoms. The minimum atomic E-state index is -1.91. The maximum atomic E-state index is 7.41. The number of hydrogen-bond donors (Lipinski definition) is 0. The van der Waals surface area contributed by atoms with Crippen LogP contribution in [-0.2, 0) is 9.16 Å². The fourth-order valence-corrected chi connectivity index (χ4v) is 11.9. The third kappa shape index (κ3) is 3.86. The summed E-state index contributed by atoms with van der Waals surface area (Å²) in [5, 5.41) is 0. The molecule has 0 aromatic heterocycles. The van der Waals surface area contributed by atoms with E-state index in [4.69, 9.17) is 9.16 Å². The topological polar surface area (TPSA) is 18.5 Å². The van der Waals surface area contributed by atoms with Crippen LogP contribution < -0.4 is 0 Å². The second-order valence-electron chi connectivity index (χ2n) is 10.3. The molecule has 1 saturated carbocycles. The van der Waals surface area contributed by atoms with Crippen LogP contribution in [-0.4, -0.2) is 27.6 Å². The van der Waals surface area contributed by atoms with Crippen molar-refractivity contribution >= 4 is 8.32 Å². The lowest BCUT2D eigenvalue weighted by Crippen LogP contribution is -2.54. The van der Waals surface area contributed by atoms with Crippen LogP contribution in [0.2, 0.25) is 16.6 Å². The smallest absolute Gasteiger partial charge is 0.200 e. The predicted octanol–water partition coefficient (Wildman–Crippen LogP) is 7.11. The van der Waals surface area contributed by atoms with Crippen molar-refractivity contribution in [3.05, 3.63) is 11.6 Å². The molecule has 3 heteroatoms. The first-order chi connectivity index (χ1) is 12.1. The summed E-state index contributed by atoms with van der Waals surface area (Å²) in [6.45, 7) is 19.2. The van der Waals surface area contributed by atoms with Crippen LogP contribution in [0.3, 0.4) is 0 Å². The number of ether oxygens (including phenoxy) is 1. The van der Waals surface area contributed by atoms with Crippen LogP contribution in [0.1, 0.15) is 87.5 Å². The Morgan fingerprint density at radius 3 is 2.00 bits per heavy atom. The Kier molecular flexibility index (Phi) is 7.24. The van der Waals surface area contributed by atoms with Gasteiger partial charge in [0, 0.05) is 18.4 Å². The highest BCUT2D eigenvalue weighted by Crippen LogP contribution is 2.53. The Labute approximate surface area is 164 Å². The fraction of sp³-hybridized carbons (Fsp3) is 0.913. The molecule has 0 N–H and O–H groups in total. The zero-order valence-electron chi connectivity index (χ0n) is 18.9. The molecular formula is C23H44O2Si. The van der Waals surface area contributed by atoms with Gasteiger partial charge in [-0.25, -0.2) is 0 Å². The molecule has 3 atom stereocenters. The first-order valence-corrected chi connectivity index (χ1v) is 13.1. The second-order valence-corrected chi connectivity index (χ2v) is 15.7. The largest absolute Gasteiger partial charge is 0.412 e. The van der Waals surface area contributed by atoms with Crippen molar-refractivity contribution in [1.29, 1.82) is 0 Å². The molecule has 152 valence electrons. The lowest BCUT2D eigenvalue weighted by Gasteiger charge is -2.48. The lowest BCUT2D eigenvalue weighted by atomic mass is 9.81. The summed E-state index contributed by atoms with van der Waals surface area (Å²) in [5.74, 6) is 0.540. The first-order valence-electron chi connectivity index (χ1n) is 11.0. The molecule has 2 nitrogen and oxygen atoms in total. The van der Waals surface area contributed by atoms with E-state index >= 15 is 0 Å². The molecule has 2 aliphatic rings. The van der Waals surface area contributed by atoms with E-state index in [0.29, 0.717) is 28.6 Å². The molecule has 0 aromatic carbocycles. The van der Waals surface area contributed by atoms with Crippen LogP contribution in [0.4, 0.5) is 0 Å². The standard InChI is InChI=1S/C23H44O2Si/c1-16(2)26(17(3)4,18(5)6)25-22-20(19-13-11-10-12-14-19)15-21(24-9)23(22,7)8/h13,16-18,20-22H,10-12,14-15H2,1-9H3/t20-,21-,22-/m0/s1. The molecule has 0 unspecified atom stereocenters. The van der Waals surface area contributed by atoms with Crippen molar-refractivity contribution in [3.8, 4) is 0 Å². The van der Waals surface area contributed by atoms with E-state index in [0.717, 1.165) is 6.42 Å². The van der Waals surface area contributed by atoms with Gasteiger partial charge in [-0.3, -0.25) is 0 Å². The van der Waals surface area contributed by atoms with Gasteiger partial charge in [-0.2, -0.15) is 0 Å². The number of hydrogen-bond acceptors (Lipinski definition) is 2. The molecule has 0 aromatic rings. The zero-order valence-corrected chi connectivity index (χ0v) is 19.9.